The molecule has 1 amide bonds. The Morgan fingerprint density at radius 1 is 1.04 bits per heavy atom. The van der Waals surface area contributed by atoms with Crippen LogP contribution in [0.15, 0.2) is 36.5 Å². The molecule has 9 rings (SSSR count). The van der Waals surface area contributed by atoms with Crippen LogP contribution < -0.4 is 10.5 Å². The third kappa shape index (κ3) is 4.51. The first-order valence-electron chi connectivity index (χ1n) is 16.4. The fourth-order valence-electron chi connectivity index (χ4n) is 7.97. The summed E-state index contributed by atoms with van der Waals surface area (Å²) in [5.74, 6) is 2.75. The van der Waals surface area contributed by atoms with Gasteiger partial charge < -0.3 is 24.5 Å². The van der Waals surface area contributed by atoms with Crippen molar-refractivity contribution in [3.63, 3.8) is 0 Å². The van der Waals surface area contributed by atoms with Gasteiger partial charge in [0, 0.05) is 55.4 Å². The molecule has 2 N–H and O–H groups in total. The number of likely N-dealkylation sites (tertiary alicyclic amines) is 1. The van der Waals surface area contributed by atoms with E-state index in [2.05, 4.69) is 21.3 Å². The van der Waals surface area contributed by atoms with Gasteiger partial charge in [-0.2, -0.15) is 4.31 Å². The molecule has 11 nitrogen and oxygen atoms in total. The van der Waals surface area contributed by atoms with Crippen LogP contribution in [-0.4, -0.2) is 87.2 Å². The van der Waals surface area contributed by atoms with E-state index in [1.165, 1.54) is 12.8 Å². The second-order valence-electron chi connectivity index (χ2n) is 14.0. The first-order valence-corrected chi connectivity index (χ1v) is 18.0. The average molecular weight is 630 g/mol. The van der Waals surface area contributed by atoms with E-state index in [9.17, 15) is 13.2 Å². The van der Waals surface area contributed by atoms with Gasteiger partial charge in [-0.05, 0) is 86.6 Å². The first-order chi connectivity index (χ1) is 21.8. The van der Waals surface area contributed by atoms with Gasteiger partial charge in [0.1, 0.15) is 16.9 Å². The SMILES string of the molecule is COc1cc(C(=O)N2C[C@H]3CC[C@@H]2[C@@H]3N)cc2nc(-c3cc4cccnc4n3CC3CC3)n(C3CN(S(=O)(=O)CC4CC4)C3)c12. The number of methoxy groups -OCH3 is 1. The molecule has 2 bridgehead atoms. The Bertz CT molecular complexity index is 1950. The highest BCUT2D eigenvalue weighted by Crippen LogP contribution is 2.43. The average Bonchev–Trinajstić information content (AvgIpc) is 3.88. The number of fused-ring (bicyclic) bond motifs is 4. The molecule has 3 saturated carbocycles. The van der Waals surface area contributed by atoms with Crippen molar-refractivity contribution in [1.29, 1.82) is 0 Å². The van der Waals surface area contributed by atoms with Gasteiger partial charge in [0.15, 0.2) is 5.82 Å². The van der Waals surface area contributed by atoms with Crippen LogP contribution in [0.1, 0.15) is 54.9 Å². The number of imidazole rings is 1. The summed E-state index contributed by atoms with van der Waals surface area (Å²) in [6.07, 6.45) is 8.22. The van der Waals surface area contributed by atoms with Gasteiger partial charge in [-0.3, -0.25) is 4.79 Å². The second kappa shape index (κ2) is 10.0. The van der Waals surface area contributed by atoms with E-state index in [-0.39, 0.29) is 29.8 Å². The number of hydrogen-bond donors (Lipinski definition) is 1. The zero-order valence-electron chi connectivity index (χ0n) is 25.5. The predicted molar refractivity (Wildman–Crippen MR) is 170 cm³/mol. The molecule has 3 aromatic heterocycles. The van der Waals surface area contributed by atoms with E-state index in [4.69, 9.17) is 20.4 Å². The van der Waals surface area contributed by atoms with E-state index in [0.717, 1.165) is 60.3 Å². The Morgan fingerprint density at radius 2 is 1.84 bits per heavy atom. The first kappa shape index (κ1) is 27.8. The topological polar surface area (TPSA) is 129 Å². The maximum Gasteiger partial charge on any atom is 0.254 e. The smallest absolute Gasteiger partial charge is 0.254 e. The number of nitrogens with two attached hydrogens (primary N) is 1. The van der Waals surface area contributed by atoms with Crippen LogP contribution in [0.4, 0.5) is 0 Å². The van der Waals surface area contributed by atoms with Gasteiger partial charge in [0.05, 0.1) is 30.1 Å². The van der Waals surface area contributed by atoms with E-state index in [1.54, 1.807) is 11.4 Å². The number of nitrogens with zero attached hydrogens (tertiary/aromatic N) is 6. The van der Waals surface area contributed by atoms with Crippen molar-refractivity contribution in [2.75, 3.05) is 32.5 Å². The van der Waals surface area contributed by atoms with E-state index in [0.29, 0.717) is 54.2 Å². The molecule has 1 aromatic carbocycles. The largest absolute Gasteiger partial charge is 0.494 e. The molecule has 236 valence electrons. The minimum atomic E-state index is -3.31. The Labute approximate surface area is 262 Å². The lowest BCUT2D eigenvalue weighted by Crippen LogP contribution is -2.51. The van der Waals surface area contributed by atoms with Crippen molar-refractivity contribution >= 4 is 38.0 Å². The maximum absolute atomic E-state index is 13.9. The molecule has 0 unspecified atom stereocenters. The number of carbonyl (C=O) groups is 1. The van der Waals surface area contributed by atoms with Crippen molar-refractivity contribution in [2.24, 2.45) is 23.5 Å². The molecular formula is C33H39N7O4S. The number of hydrogen-bond acceptors (Lipinski definition) is 7. The lowest BCUT2D eigenvalue weighted by molar-refractivity contribution is 0.0700. The molecule has 0 radical (unpaired) electrons. The summed E-state index contributed by atoms with van der Waals surface area (Å²) in [6.45, 7) is 2.30. The predicted octanol–water partition coefficient (Wildman–Crippen LogP) is 3.63. The van der Waals surface area contributed by atoms with Crippen LogP contribution >= 0.6 is 0 Å². The van der Waals surface area contributed by atoms with Crippen LogP contribution in [-0.2, 0) is 16.6 Å². The standard InChI is InChI=1S/C33H39N7O4S/c1-44-28-13-23(33(41)39-15-22-8-9-26(39)29(22)34)11-25-30(28)40(24-16-37(17-24)45(42,43)18-20-6-7-20)32(36-25)27-12-21-3-2-10-35-31(21)38(27)14-19-4-5-19/h2-3,10-13,19-20,22,24,26,29H,4-9,14-18,34H2,1H3/t22-,26-,29-/m1/s1. The summed E-state index contributed by atoms with van der Waals surface area (Å²) in [6, 6.07) is 9.85. The van der Waals surface area contributed by atoms with Crippen LogP contribution in [0.3, 0.4) is 0 Å². The maximum atomic E-state index is 13.9. The molecule has 0 spiro atoms. The minimum absolute atomic E-state index is 0.0325. The Balaban J connectivity index is 1.17. The number of pyridine rings is 1. The summed E-state index contributed by atoms with van der Waals surface area (Å²) in [4.78, 5) is 25.8. The molecule has 4 aromatic rings. The summed E-state index contributed by atoms with van der Waals surface area (Å²) >= 11 is 0. The number of benzene rings is 1. The quantitative estimate of drug-likeness (QED) is 0.300. The van der Waals surface area contributed by atoms with Gasteiger partial charge in [0.25, 0.3) is 5.91 Å². The zero-order chi connectivity index (χ0) is 30.6. The Hall–Kier alpha value is -3.48. The third-order valence-electron chi connectivity index (χ3n) is 10.9. The zero-order valence-corrected chi connectivity index (χ0v) is 26.3. The molecule has 5 aliphatic rings. The molecule has 45 heavy (non-hydrogen) atoms. The molecule has 3 aliphatic carbocycles. The molecule has 2 saturated heterocycles. The minimum Gasteiger partial charge on any atom is -0.494 e. The summed E-state index contributed by atoms with van der Waals surface area (Å²) < 4.78 is 38.3. The normalized spacial score (nSPS) is 25.5. The highest BCUT2D eigenvalue weighted by molar-refractivity contribution is 7.89. The van der Waals surface area contributed by atoms with Crippen LogP contribution in [0.25, 0.3) is 33.6 Å². The number of amides is 1. The highest BCUT2D eigenvalue weighted by Gasteiger charge is 2.47. The molecule has 5 heterocycles. The van der Waals surface area contributed by atoms with E-state index in [1.807, 2.05) is 29.3 Å². The lowest BCUT2D eigenvalue weighted by Gasteiger charge is -2.40. The molecule has 2 aliphatic heterocycles. The molecule has 3 atom stereocenters. The van der Waals surface area contributed by atoms with E-state index < -0.39 is 10.0 Å². The van der Waals surface area contributed by atoms with Crippen LogP contribution in [0, 0.1) is 17.8 Å². The number of carbonyl (C=O) groups excluding carboxylic acids is 1. The number of rotatable bonds is 9. The number of sulfonamides is 1. The molecular weight excluding hydrogens is 590 g/mol. The Morgan fingerprint density at radius 3 is 2.53 bits per heavy atom. The summed E-state index contributed by atoms with van der Waals surface area (Å²) in [5.41, 5.74) is 10.3. The van der Waals surface area contributed by atoms with Gasteiger partial charge in [0.2, 0.25) is 10.0 Å². The number of piperidine rings is 1. The Kier molecular flexibility index (Phi) is 6.18. The van der Waals surface area contributed by atoms with Crippen LogP contribution in [0.5, 0.6) is 5.75 Å². The number of aromatic nitrogens is 4. The summed E-state index contributed by atoms with van der Waals surface area (Å²) in [5, 5.41) is 1.04. The fraction of sp³-hybridized carbons (Fsp3) is 0.545. The van der Waals surface area contributed by atoms with Gasteiger partial charge >= 0.3 is 0 Å². The van der Waals surface area contributed by atoms with Crippen molar-refractivity contribution < 1.29 is 17.9 Å². The fourth-order valence-corrected chi connectivity index (χ4v) is 9.91. The van der Waals surface area contributed by atoms with Gasteiger partial charge in [-0.25, -0.2) is 18.4 Å². The number of ether oxygens (including phenoxy) is 1. The van der Waals surface area contributed by atoms with Crippen molar-refractivity contribution in [2.45, 2.75) is 63.2 Å². The van der Waals surface area contributed by atoms with Crippen molar-refractivity contribution in [3.8, 4) is 17.3 Å². The molecule has 5 fully saturated rings. The molecule has 12 heteroatoms. The van der Waals surface area contributed by atoms with Gasteiger partial charge in [-0.1, -0.05) is 0 Å². The third-order valence-corrected chi connectivity index (χ3v) is 12.9. The lowest BCUT2D eigenvalue weighted by atomic mass is 10.1. The summed E-state index contributed by atoms with van der Waals surface area (Å²) in [7, 11) is -1.69. The van der Waals surface area contributed by atoms with Gasteiger partial charge in [-0.15, -0.1) is 0 Å². The van der Waals surface area contributed by atoms with Crippen molar-refractivity contribution in [1.82, 2.24) is 28.3 Å². The second-order valence-corrected chi connectivity index (χ2v) is 16.0. The van der Waals surface area contributed by atoms with E-state index >= 15 is 0 Å². The highest BCUT2D eigenvalue weighted by atomic mass is 32.2. The monoisotopic (exact) mass is 629 g/mol. The van der Waals surface area contributed by atoms with Crippen molar-refractivity contribution in [3.05, 3.63) is 42.1 Å². The van der Waals surface area contributed by atoms with Crippen LogP contribution in [0.2, 0.25) is 0 Å².